The van der Waals surface area contributed by atoms with E-state index in [1.54, 1.807) is 12.1 Å². The molecule has 180 valence electrons. The molecular formula is C24H27FN4O3S2. The van der Waals surface area contributed by atoms with Crippen LogP contribution in [0.25, 0.3) is 10.2 Å². The van der Waals surface area contributed by atoms with E-state index in [2.05, 4.69) is 18.1 Å². The van der Waals surface area contributed by atoms with Gasteiger partial charge in [0.1, 0.15) is 11.3 Å². The Balaban J connectivity index is 1.94. The van der Waals surface area contributed by atoms with Crippen molar-refractivity contribution in [2.45, 2.75) is 4.90 Å². The third kappa shape index (κ3) is 5.58. The van der Waals surface area contributed by atoms with E-state index in [1.807, 2.05) is 19.0 Å². The van der Waals surface area contributed by atoms with Crippen molar-refractivity contribution in [3.05, 3.63) is 79.2 Å². The molecule has 0 atom stereocenters. The molecule has 0 spiro atoms. The number of sulfonamides is 1. The third-order valence-corrected chi connectivity index (χ3v) is 7.90. The predicted molar refractivity (Wildman–Crippen MR) is 135 cm³/mol. The number of aromatic nitrogens is 1. The number of benzene rings is 2. The first-order valence-corrected chi connectivity index (χ1v) is 12.8. The van der Waals surface area contributed by atoms with Gasteiger partial charge in [-0.05, 0) is 50.5 Å². The number of amides is 1. The van der Waals surface area contributed by atoms with Crippen molar-refractivity contribution < 1.29 is 17.6 Å². The van der Waals surface area contributed by atoms with Crippen molar-refractivity contribution in [2.24, 2.45) is 0 Å². The second kappa shape index (κ2) is 11.0. The fraction of sp³-hybridized carbons (Fsp3) is 0.250. The molecule has 2 aromatic carbocycles. The zero-order valence-electron chi connectivity index (χ0n) is 19.1. The maximum Gasteiger partial charge on any atom is 0.260 e. The van der Waals surface area contributed by atoms with Crippen molar-refractivity contribution in [2.75, 3.05) is 45.2 Å². The lowest BCUT2D eigenvalue weighted by molar-refractivity contribution is 0.0985. The average molecular weight is 503 g/mol. The van der Waals surface area contributed by atoms with E-state index in [0.717, 1.165) is 0 Å². The second-order valence-electron chi connectivity index (χ2n) is 7.77. The largest absolute Gasteiger partial charge is 0.308 e. The van der Waals surface area contributed by atoms with Crippen LogP contribution in [0.3, 0.4) is 0 Å². The van der Waals surface area contributed by atoms with Crippen LogP contribution in [0.2, 0.25) is 0 Å². The molecule has 0 radical (unpaired) electrons. The zero-order valence-corrected chi connectivity index (χ0v) is 20.8. The quantitative estimate of drug-likeness (QED) is 0.371. The van der Waals surface area contributed by atoms with E-state index in [1.165, 1.54) is 63.0 Å². The van der Waals surface area contributed by atoms with Gasteiger partial charge in [0.05, 0.1) is 9.60 Å². The molecular weight excluding hydrogens is 475 g/mol. The molecule has 0 saturated carbocycles. The van der Waals surface area contributed by atoms with Gasteiger partial charge in [0.15, 0.2) is 5.13 Å². The van der Waals surface area contributed by atoms with Crippen LogP contribution in [0.4, 0.5) is 9.52 Å². The van der Waals surface area contributed by atoms with Crippen molar-refractivity contribution in [1.29, 1.82) is 0 Å². The monoisotopic (exact) mass is 502 g/mol. The summed E-state index contributed by atoms with van der Waals surface area (Å²) in [5, 5.41) is 0.381. The fourth-order valence-corrected chi connectivity index (χ4v) is 5.62. The van der Waals surface area contributed by atoms with Gasteiger partial charge in [-0.15, -0.1) is 13.2 Å². The van der Waals surface area contributed by atoms with E-state index < -0.39 is 15.8 Å². The summed E-state index contributed by atoms with van der Waals surface area (Å²) in [7, 11) is -0.00153. The van der Waals surface area contributed by atoms with Crippen LogP contribution in [0, 0.1) is 5.82 Å². The maximum atomic E-state index is 14.2. The molecule has 0 aliphatic heterocycles. The highest BCUT2D eigenvalue weighted by Crippen LogP contribution is 2.31. The first-order chi connectivity index (χ1) is 16.2. The molecule has 0 bridgehead atoms. The zero-order chi connectivity index (χ0) is 24.9. The van der Waals surface area contributed by atoms with Gasteiger partial charge in [-0.3, -0.25) is 9.69 Å². The van der Waals surface area contributed by atoms with Gasteiger partial charge in [0, 0.05) is 31.7 Å². The number of thiazole rings is 1. The minimum atomic E-state index is -3.78. The summed E-state index contributed by atoms with van der Waals surface area (Å²) in [6.07, 6.45) is 3.00. The lowest BCUT2D eigenvalue weighted by Crippen LogP contribution is -2.36. The molecule has 3 aromatic rings. The van der Waals surface area contributed by atoms with Crippen molar-refractivity contribution in [3.8, 4) is 0 Å². The molecule has 1 heterocycles. The summed E-state index contributed by atoms with van der Waals surface area (Å²) in [5.41, 5.74) is 0.521. The first kappa shape index (κ1) is 25.7. The fourth-order valence-electron chi connectivity index (χ4n) is 3.24. The topological polar surface area (TPSA) is 73.8 Å². The van der Waals surface area contributed by atoms with Crippen molar-refractivity contribution in [3.63, 3.8) is 0 Å². The molecule has 0 N–H and O–H groups in total. The lowest BCUT2D eigenvalue weighted by atomic mass is 10.2. The summed E-state index contributed by atoms with van der Waals surface area (Å²) in [6.45, 7) is 8.39. The summed E-state index contributed by atoms with van der Waals surface area (Å²) in [5.74, 6) is -0.794. The Kier molecular flexibility index (Phi) is 8.32. The third-order valence-electron chi connectivity index (χ3n) is 5.01. The SMILES string of the molecule is C=CCN(CC=C)S(=O)(=O)c1ccc(C(=O)N(CCN(C)C)c2nc3c(F)cccc3s2)cc1. The molecule has 3 rings (SSSR count). The van der Waals surface area contributed by atoms with E-state index in [9.17, 15) is 17.6 Å². The maximum absolute atomic E-state index is 14.2. The molecule has 10 heteroatoms. The Morgan fingerprint density at radius 1 is 1.06 bits per heavy atom. The lowest BCUT2D eigenvalue weighted by Gasteiger charge is -2.22. The molecule has 7 nitrogen and oxygen atoms in total. The van der Waals surface area contributed by atoms with Crippen LogP contribution in [-0.2, 0) is 10.0 Å². The molecule has 1 aromatic heterocycles. The number of carbonyl (C=O) groups excluding carboxylic acids is 1. The van der Waals surface area contributed by atoms with E-state index >= 15 is 0 Å². The van der Waals surface area contributed by atoms with E-state index in [-0.39, 0.29) is 29.4 Å². The summed E-state index contributed by atoms with van der Waals surface area (Å²) >= 11 is 1.23. The molecule has 0 aliphatic carbocycles. The second-order valence-corrected chi connectivity index (χ2v) is 10.7. The average Bonchev–Trinajstić information content (AvgIpc) is 3.24. The first-order valence-electron chi connectivity index (χ1n) is 10.5. The molecule has 1 amide bonds. The number of rotatable bonds is 11. The number of hydrogen-bond donors (Lipinski definition) is 0. The molecule has 0 aliphatic rings. The van der Waals surface area contributed by atoms with Gasteiger partial charge in [-0.25, -0.2) is 17.8 Å². The molecule has 34 heavy (non-hydrogen) atoms. The van der Waals surface area contributed by atoms with Gasteiger partial charge in [0.25, 0.3) is 5.91 Å². The number of nitrogens with zero attached hydrogens (tertiary/aromatic N) is 4. The van der Waals surface area contributed by atoms with Crippen LogP contribution < -0.4 is 4.90 Å². The summed E-state index contributed by atoms with van der Waals surface area (Å²) in [6, 6.07) is 10.5. The van der Waals surface area contributed by atoms with Gasteiger partial charge < -0.3 is 4.90 Å². The number of carbonyl (C=O) groups is 1. The van der Waals surface area contributed by atoms with Gasteiger partial charge in [0.2, 0.25) is 10.0 Å². The molecule has 0 unspecified atom stereocenters. The molecule has 0 fully saturated rings. The number of anilines is 1. The van der Waals surface area contributed by atoms with Crippen molar-refractivity contribution >= 4 is 42.6 Å². The Hall–Kier alpha value is -2.92. The molecule has 0 saturated heterocycles. The number of likely N-dealkylation sites (N-methyl/N-ethyl adjacent to an activating group) is 1. The predicted octanol–water partition coefficient (Wildman–Crippen LogP) is 4.01. The number of halogens is 1. The number of fused-ring (bicyclic) bond motifs is 1. The van der Waals surface area contributed by atoms with Crippen LogP contribution in [0.1, 0.15) is 10.4 Å². The highest BCUT2D eigenvalue weighted by atomic mass is 32.2. The smallest absolute Gasteiger partial charge is 0.260 e. The Labute approximate surface area is 203 Å². The van der Waals surface area contributed by atoms with Gasteiger partial charge >= 0.3 is 0 Å². The normalized spacial score (nSPS) is 11.8. The van der Waals surface area contributed by atoms with E-state index in [0.29, 0.717) is 28.5 Å². The number of hydrogen-bond acceptors (Lipinski definition) is 6. The van der Waals surface area contributed by atoms with Crippen LogP contribution in [0.15, 0.2) is 72.7 Å². The highest BCUT2D eigenvalue weighted by molar-refractivity contribution is 7.89. The van der Waals surface area contributed by atoms with Crippen LogP contribution in [-0.4, -0.2) is 68.8 Å². The Bertz CT molecular complexity index is 1280. The van der Waals surface area contributed by atoms with Gasteiger partial charge in [-0.2, -0.15) is 4.31 Å². The van der Waals surface area contributed by atoms with Crippen LogP contribution >= 0.6 is 11.3 Å². The summed E-state index contributed by atoms with van der Waals surface area (Å²) in [4.78, 5) is 21.3. The minimum absolute atomic E-state index is 0.0645. The standard InChI is InChI=1S/C24H27FN4O3S2/c1-5-14-28(15-6-2)34(31,32)19-12-10-18(11-13-19)23(30)29(17-16-27(3)4)24-26-22-20(25)8-7-9-21(22)33-24/h5-13H,1-2,14-17H2,3-4H3. The Morgan fingerprint density at radius 2 is 1.71 bits per heavy atom. The summed E-state index contributed by atoms with van der Waals surface area (Å²) < 4.78 is 42.0. The Morgan fingerprint density at radius 3 is 2.26 bits per heavy atom. The number of para-hydroxylation sites is 1. The van der Waals surface area contributed by atoms with Crippen LogP contribution in [0.5, 0.6) is 0 Å². The minimum Gasteiger partial charge on any atom is -0.308 e. The van der Waals surface area contributed by atoms with Gasteiger partial charge in [-0.1, -0.05) is 29.6 Å². The van der Waals surface area contributed by atoms with Crippen molar-refractivity contribution in [1.82, 2.24) is 14.2 Å². The van der Waals surface area contributed by atoms with E-state index in [4.69, 9.17) is 0 Å². The highest BCUT2D eigenvalue weighted by Gasteiger charge is 2.25.